The van der Waals surface area contributed by atoms with Gasteiger partial charge in [-0.1, -0.05) is 54.1 Å². The predicted molar refractivity (Wildman–Crippen MR) is 96.7 cm³/mol. The highest BCUT2D eigenvalue weighted by atomic mass is 35.5. The van der Waals surface area contributed by atoms with Crippen LogP contribution in [0.3, 0.4) is 0 Å². The normalized spacial score (nSPS) is 15.0. The van der Waals surface area contributed by atoms with Crippen LogP contribution in [0.2, 0.25) is 5.02 Å². The quantitative estimate of drug-likeness (QED) is 0.753. The molecule has 2 aromatic rings. The maximum Gasteiger partial charge on any atom is 0.410 e. The molecule has 1 heterocycles. The number of amides is 1. The van der Waals surface area contributed by atoms with Crippen LogP contribution in [0, 0.1) is 5.92 Å². The SMILES string of the molecule is O=C(c1ccccc1Cl)C1CCN(C(=O)OCc2ccccc2)CC1. The van der Waals surface area contributed by atoms with Crippen molar-refractivity contribution >= 4 is 23.5 Å². The summed E-state index contributed by atoms with van der Waals surface area (Å²) in [5.41, 5.74) is 1.52. The molecule has 0 aromatic heterocycles. The number of ketones is 1. The fraction of sp³-hybridized carbons (Fsp3) is 0.300. The van der Waals surface area contributed by atoms with Crippen molar-refractivity contribution in [2.75, 3.05) is 13.1 Å². The van der Waals surface area contributed by atoms with Crippen molar-refractivity contribution in [1.29, 1.82) is 0 Å². The number of carbonyl (C=O) groups excluding carboxylic acids is 2. The van der Waals surface area contributed by atoms with Crippen LogP contribution >= 0.6 is 11.6 Å². The number of hydrogen-bond acceptors (Lipinski definition) is 3. The van der Waals surface area contributed by atoms with Crippen molar-refractivity contribution in [3.63, 3.8) is 0 Å². The molecule has 0 spiro atoms. The highest BCUT2D eigenvalue weighted by Crippen LogP contribution is 2.25. The fourth-order valence-electron chi connectivity index (χ4n) is 3.02. The van der Waals surface area contributed by atoms with Crippen molar-refractivity contribution in [2.24, 2.45) is 5.92 Å². The molecule has 1 fully saturated rings. The molecule has 1 amide bonds. The van der Waals surface area contributed by atoms with Crippen LogP contribution in [0.5, 0.6) is 0 Å². The molecule has 4 nitrogen and oxygen atoms in total. The van der Waals surface area contributed by atoms with Gasteiger partial charge in [0.15, 0.2) is 5.78 Å². The first-order valence-electron chi connectivity index (χ1n) is 8.39. The van der Waals surface area contributed by atoms with Crippen molar-refractivity contribution in [3.8, 4) is 0 Å². The Morgan fingerprint density at radius 2 is 1.64 bits per heavy atom. The van der Waals surface area contributed by atoms with Crippen LogP contribution in [0.1, 0.15) is 28.8 Å². The van der Waals surface area contributed by atoms with Gasteiger partial charge in [-0.15, -0.1) is 0 Å². The third-order valence-corrected chi connectivity index (χ3v) is 4.80. The molecule has 0 aliphatic carbocycles. The second-order valence-corrected chi connectivity index (χ2v) is 6.55. The van der Waals surface area contributed by atoms with Crippen LogP contribution in [0.15, 0.2) is 54.6 Å². The summed E-state index contributed by atoms with van der Waals surface area (Å²) in [6.07, 6.45) is 0.933. The number of rotatable bonds is 4. The van der Waals surface area contributed by atoms with E-state index in [1.54, 1.807) is 17.0 Å². The lowest BCUT2D eigenvalue weighted by molar-refractivity contribution is 0.0713. The van der Waals surface area contributed by atoms with Gasteiger partial charge in [-0.2, -0.15) is 0 Å². The highest BCUT2D eigenvalue weighted by molar-refractivity contribution is 6.34. The fourth-order valence-corrected chi connectivity index (χ4v) is 3.24. The Labute approximate surface area is 152 Å². The molecular weight excluding hydrogens is 338 g/mol. The smallest absolute Gasteiger partial charge is 0.410 e. The zero-order valence-electron chi connectivity index (χ0n) is 13.9. The number of benzene rings is 2. The Hall–Kier alpha value is -2.33. The van der Waals surface area contributed by atoms with Gasteiger partial charge in [-0.05, 0) is 30.5 Å². The molecule has 1 saturated heterocycles. The number of likely N-dealkylation sites (tertiary alicyclic amines) is 1. The van der Waals surface area contributed by atoms with Crippen molar-refractivity contribution < 1.29 is 14.3 Å². The molecule has 1 aliphatic rings. The number of nitrogens with zero attached hydrogens (tertiary/aromatic N) is 1. The van der Waals surface area contributed by atoms with E-state index in [0.29, 0.717) is 36.5 Å². The molecule has 5 heteroatoms. The zero-order chi connectivity index (χ0) is 17.6. The van der Waals surface area contributed by atoms with Crippen LogP contribution < -0.4 is 0 Å². The van der Waals surface area contributed by atoms with E-state index < -0.39 is 0 Å². The van der Waals surface area contributed by atoms with E-state index in [4.69, 9.17) is 16.3 Å². The zero-order valence-corrected chi connectivity index (χ0v) is 14.6. The van der Waals surface area contributed by atoms with E-state index in [1.807, 2.05) is 42.5 Å². The standard InChI is InChI=1S/C20H20ClNO3/c21-18-9-5-4-8-17(18)19(23)16-10-12-22(13-11-16)20(24)25-14-15-6-2-1-3-7-15/h1-9,16H,10-14H2. The lowest BCUT2D eigenvalue weighted by Crippen LogP contribution is -2.40. The Morgan fingerprint density at radius 1 is 1.00 bits per heavy atom. The highest BCUT2D eigenvalue weighted by Gasteiger charge is 2.29. The predicted octanol–water partition coefficient (Wildman–Crippen LogP) is 4.57. The maximum absolute atomic E-state index is 12.6. The molecule has 0 radical (unpaired) electrons. The van der Waals surface area contributed by atoms with E-state index in [1.165, 1.54) is 0 Å². The Balaban J connectivity index is 1.50. The third-order valence-electron chi connectivity index (χ3n) is 4.47. The van der Waals surface area contributed by atoms with Gasteiger partial charge in [0.1, 0.15) is 6.61 Å². The summed E-state index contributed by atoms with van der Waals surface area (Å²) in [5.74, 6) is -0.0408. The number of Topliss-reactive ketones (excluding diaryl/α,β-unsaturated/α-hetero) is 1. The second-order valence-electron chi connectivity index (χ2n) is 6.15. The van der Waals surface area contributed by atoms with Gasteiger partial charge in [-0.25, -0.2) is 4.79 Å². The van der Waals surface area contributed by atoms with Crippen LogP contribution in [-0.4, -0.2) is 29.9 Å². The summed E-state index contributed by atoms with van der Waals surface area (Å²) in [6.45, 7) is 1.31. The molecule has 0 N–H and O–H groups in total. The molecular formula is C20H20ClNO3. The van der Waals surface area contributed by atoms with Crippen molar-refractivity contribution in [3.05, 3.63) is 70.7 Å². The average Bonchev–Trinajstić information content (AvgIpc) is 2.67. The van der Waals surface area contributed by atoms with Crippen molar-refractivity contribution in [1.82, 2.24) is 4.90 Å². The lowest BCUT2D eigenvalue weighted by Gasteiger charge is -2.30. The number of carbonyl (C=O) groups is 2. The molecule has 2 aromatic carbocycles. The number of hydrogen-bond donors (Lipinski definition) is 0. The molecule has 25 heavy (non-hydrogen) atoms. The number of halogens is 1. The summed E-state index contributed by atoms with van der Waals surface area (Å²) < 4.78 is 5.35. The monoisotopic (exact) mass is 357 g/mol. The summed E-state index contributed by atoms with van der Waals surface area (Å²) in [6, 6.07) is 16.7. The van der Waals surface area contributed by atoms with Gasteiger partial charge < -0.3 is 9.64 Å². The van der Waals surface area contributed by atoms with E-state index in [-0.39, 0.29) is 24.4 Å². The van der Waals surface area contributed by atoms with Crippen LogP contribution in [-0.2, 0) is 11.3 Å². The van der Waals surface area contributed by atoms with E-state index in [2.05, 4.69) is 0 Å². The summed E-state index contributed by atoms with van der Waals surface area (Å²) in [7, 11) is 0. The molecule has 0 atom stereocenters. The van der Waals surface area contributed by atoms with Gasteiger partial charge in [0.05, 0.1) is 5.02 Å². The largest absolute Gasteiger partial charge is 0.445 e. The molecule has 3 rings (SSSR count). The molecule has 1 aliphatic heterocycles. The first kappa shape index (κ1) is 17.5. The van der Waals surface area contributed by atoms with E-state index >= 15 is 0 Å². The maximum atomic E-state index is 12.6. The minimum Gasteiger partial charge on any atom is -0.445 e. The number of piperidine rings is 1. The number of ether oxygens (including phenoxy) is 1. The first-order valence-corrected chi connectivity index (χ1v) is 8.77. The third kappa shape index (κ3) is 4.40. The van der Waals surface area contributed by atoms with Gasteiger partial charge in [0.25, 0.3) is 0 Å². The lowest BCUT2D eigenvalue weighted by atomic mass is 9.89. The van der Waals surface area contributed by atoms with E-state index in [9.17, 15) is 9.59 Å². The Bertz CT molecular complexity index is 740. The average molecular weight is 358 g/mol. The van der Waals surface area contributed by atoms with Gasteiger partial charge >= 0.3 is 6.09 Å². The van der Waals surface area contributed by atoms with Crippen molar-refractivity contribution in [2.45, 2.75) is 19.4 Å². The Kier molecular flexibility index (Phi) is 5.71. The summed E-state index contributed by atoms with van der Waals surface area (Å²) >= 11 is 6.11. The van der Waals surface area contributed by atoms with Gasteiger partial charge in [0, 0.05) is 24.6 Å². The van der Waals surface area contributed by atoms with E-state index in [0.717, 1.165) is 5.56 Å². The molecule has 130 valence electrons. The molecule has 0 bridgehead atoms. The van der Waals surface area contributed by atoms with Gasteiger partial charge in [-0.3, -0.25) is 4.79 Å². The van der Waals surface area contributed by atoms with Crippen LogP contribution in [0.25, 0.3) is 0 Å². The second kappa shape index (κ2) is 8.17. The molecule has 0 unspecified atom stereocenters. The van der Waals surface area contributed by atoms with Crippen LogP contribution in [0.4, 0.5) is 4.79 Å². The molecule has 0 saturated carbocycles. The van der Waals surface area contributed by atoms with Gasteiger partial charge in [0.2, 0.25) is 0 Å². The summed E-state index contributed by atoms with van der Waals surface area (Å²) in [4.78, 5) is 26.4. The minimum atomic E-state index is -0.326. The first-order chi connectivity index (χ1) is 12.1. The summed E-state index contributed by atoms with van der Waals surface area (Å²) in [5, 5.41) is 0.484. The minimum absolute atomic E-state index is 0.0582. The Morgan fingerprint density at radius 3 is 2.32 bits per heavy atom. The topological polar surface area (TPSA) is 46.6 Å².